The number of nitrogens with zero attached hydrogens (tertiary/aromatic N) is 1. The van der Waals surface area contributed by atoms with Crippen molar-refractivity contribution in [2.24, 2.45) is 17.6 Å². The second-order valence-electron chi connectivity index (χ2n) is 6.02. The first-order valence-corrected chi connectivity index (χ1v) is 7.04. The van der Waals surface area contributed by atoms with Gasteiger partial charge in [-0.2, -0.15) is 0 Å². The molecule has 0 spiro atoms. The molecule has 2 N–H and O–H groups in total. The number of nitrogens with two attached hydrogens (primary N) is 1. The molecule has 2 heteroatoms. The van der Waals surface area contributed by atoms with E-state index in [4.69, 9.17) is 5.73 Å². The Morgan fingerprint density at radius 1 is 1.22 bits per heavy atom. The minimum Gasteiger partial charge on any atom is -0.329 e. The van der Waals surface area contributed by atoms with Gasteiger partial charge >= 0.3 is 0 Å². The van der Waals surface area contributed by atoms with Crippen LogP contribution in [0.15, 0.2) is 18.2 Å². The molecular formula is C16H26N2. The first-order valence-electron chi connectivity index (χ1n) is 7.04. The highest BCUT2D eigenvalue weighted by atomic mass is 15.2. The van der Waals surface area contributed by atoms with Crippen LogP contribution >= 0.6 is 0 Å². The number of likely N-dealkylation sites (tertiary alicyclic amines) is 1. The van der Waals surface area contributed by atoms with Crippen molar-refractivity contribution >= 4 is 0 Å². The lowest BCUT2D eigenvalue weighted by molar-refractivity contribution is 0.239. The molecule has 1 fully saturated rings. The Kier molecular flexibility index (Phi) is 4.08. The normalized spacial score (nSPS) is 26.5. The molecule has 0 aliphatic carbocycles. The van der Waals surface area contributed by atoms with E-state index in [1.165, 1.54) is 29.8 Å². The van der Waals surface area contributed by atoms with E-state index in [1.807, 2.05) is 0 Å². The molecule has 2 nitrogen and oxygen atoms in total. The second kappa shape index (κ2) is 5.41. The molecule has 3 atom stereocenters. The Morgan fingerprint density at radius 3 is 2.33 bits per heavy atom. The summed E-state index contributed by atoms with van der Waals surface area (Å²) >= 11 is 0. The van der Waals surface area contributed by atoms with Crippen LogP contribution in [0, 0.1) is 25.7 Å². The third kappa shape index (κ3) is 2.60. The van der Waals surface area contributed by atoms with Crippen molar-refractivity contribution in [1.29, 1.82) is 0 Å². The molecule has 1 heterocycles. The summed E-state index contributed by atoms with van der Waals surface area (Å²) in [6.45, 7) is 12.1. The van der Waals surface area contributed by atoms with E-state index >= 15 is 0 Å². The second-order valence-corrected chi connectivity index (χ2v) is 6.02. The minimum atomic E-state index is 0.387. The van der Waals surface area contributed by atoms with Gasteiger partial charge < -0.3 is 5.73 Å². The molecule has 1 aromatic carbocycles. The van der Waals surface area contributed by atoms with Crippen LogP contribution in [0.4, 0.5) is 0 Å². The lowest BCUT2D eigenvalue weighted by Crippen LogP contribution is -2.32. The fourth-order valence-electron chi connectivity index (χ4n) is 3.10. The Labute approximate surface area is 111 Å². The lowest BCUT2D eigenvalue weighted by Gasteiger charge is -2.28. The van der Waals surface area contributed by atoms with E-state index in [1.54, 1.807) is 0 Å². The van der Waals surface area contributed by atoms with Crippen LogP contribution in [0.1, 0.15) is 36.6 Å². The lowest BCUT2D eigenvalue weighted by atomic mass is 9.98. The van der Waals surface area contributed by atoms with Crippen molar-refractivity contribution in [2.45, 2.75) is 33.7 Å². The molecule has 1 saturated heterocycles. The van der Waals surface area contributed by atoms with Crippen LogP contribution < -0.4 is 5.73 Å². The van der Waals surface area contributed by atoms with E-state index in [-0.39, 0.29) is 0 Å². The highest BCUT2D eigenvalue weighted by molar-refractivity contribution is 5.33. The summed E-state index contributed by atoms with van der Waals surface area (Å²) < 4.78 is 0. The van der Waals surface area contributed by atoms with Gasteiger partial charge in [-0.3, -0.25) is 4.90 Å². The van der Waals surface area contributed by atoms with Crippen LogP contribution in [0.2, 0.25) is 0 Å². The largest absolute Gasteiger partial charge is 0.329 e. The molecule has 0 radical (unpaired) electrons. The van der Waals surface area contributed by atoms with Gasteiger partial charge in [0.05, 0.1) is 0 Å². The maximum absolute atomic E-state index is 6.04. The fourth-order valence-corrected chi connectivity index (χ4v) is 3.10. The van der Waals surface area contributed by atoms with Gasteiger partial charge in [-0.1, -0.05) is 37.6 Å². The summed E-state index contributed by atoms with van der Waals surface area (Å²) in [5.74, 6) is 1.56. The topological polar surface area (TPSA) is 29.3 Å². The number of hydrogen-bond donors (Lipinski definition) is 1. The molecule has 1 aliphatic heterocycles. The van der Waals surface area contributed by atoms with Crippen LogP contribution in [-0.4, -0.2) is 24.5 Å². The summed E-state index contributed by atoms with van der Waals surface area (Å²) in [4.78, 5) is 2.56. The maximum Gasteiger partial charge on any atom is 0.0473 e. The Hall–Kier alpha value is -0.860. The Balaban J connectivity index is 2.23. The van der Waals surface area contributed by atoms with Crippen molar-refractivity contribution in [3.05, 3.63) is 34.9 Å². The summed E-state index contributed by atoms with van der Waals surface area (Å²) in [6, 6.07) is 7.11. The monoisotopic (exact) mass is 246 g/mol. The zero-order chi connectivity index (χ0) is 13.3. The van der Waals surface area contributed by atoms with Crippen LogP contribution in [0.3, 0.4) is 0 Å². The predicted octanol–water partition coefficient (Wildman–Crippen LogP) is 2.89. The number of aryl methyl sites for hydroxylation is 2. The van der Waals surface area contributed by atoms with E-state index in [9.17, 15) is 0 Å². The molecule has 0 amide bonds. The molecular weight excluding hydrogens is 220 g/mol. The SMILES string of the molecule is Cc1ccc(C(CN)N2CC(C)C(C)C2)c(C)c1. The zero-order valence-corrected chi connectivity index (χ0v) is 12.1. The van der Waals surface area contributed by atoms with Crippen molar-refractivity contribution in [1.82, 2.24) is 4.90 Å². The smallest absolute Gasteiger partial charge is 0.0473 e. The molecule has 0 bridgehead atoms. The maximum atomic E-state index is 6.04. The van der Waals surface area contributed by atoms with E-state index in [0.29, 0.717) is 12.6 Å². The van der Waals surface area contributed by atoms with Gasteiger partial charge in [0.15, 0.2) is 0 Å². The molecule has 3 unspecified atom stereocenters. The first-order chi connectivity index (χ1) is 8.52. The predicted molar refractivity (Wildman–Crippen MR) is 77.6 cm³/mol. The fraction of sp³-hybridized carbons (Fsp3) is 0.625. The van der Waals surface area contributed by atoms with E-state index < -0.39 is 0 Å². The quantitative estimate of drug-likeness (QED) is 0.888. The molecule has 100 valence electrons. The molecule has 1 aromatic rings. The number of hydrogen-bond acceptors (Lipinski definition) is 2. The zero-order valence-electron chi connectivity index (χ0n) is 12.1. The third-order valence-corrected chi connectivity index (χ3v) is 4.46. The number of rotatable bonds is 3. The Bertz CT molecular complexity index is 404. The average molecular weight is 246 g/mol. The van der Waals surface area contributed by atoms with Gasteiger partial charge in [-0.25, -0.2) is 0 Å². The summed E-state index contributed by atoms with van der Waals surface area (Å²) in [5, 5.41) is 0. The van der Waals surface area contributed by atoms with E-state index in [0.717, 1.165) is 11.8 Å². The first kappa shape index (κ1) is 13.6. The molecule has 1 aliphatic rings. The minimum absolute atomic E-state index is 0.387. The van der Waals surface area contributed by atoms with Crippen LogP contribution in [-0.2, 0) is 0 Å². The highest BCUT2D eigenvalue weighted by Crippen LogP contribution is 2.31. The summed E-state index contributed by atoms with van der Waals surface area (Å²) in [7, 11) is 0. The highest BCUT2D eigenvalue weighted by Gasteiger charge is 2.31. The molecule has 2 rings (SSSR count). The summed E-state index contributed by atoms with van der Waals surface area (Å²) in [5.41, 5.74) is 10.1. The van der Waals surface area contributed by atoms with Crippen molar-refractivity contribution < 1.29 is 0 Å². The van der Waals surface area contributed by atoms with Gasteiger partial charge in [0.25, 0.3) is 0 Å². The molecule has 18 heavy (non-hydrogen) atoms. The third-order valence-electron chi connectivity index (χ3n) is 4.46. The van der Waals surface area contributed by atoms with E-state index in [2.05, 4.69) is 50.8 Å². The van der Waals surface area contributed by atoms with Crippen molar-refractivity contribution in [2.75, 3.05) is 19.6 Å². The van der Waals surface area contributed by atoms with Gasteiger partial charge in [-0.15, -0.1) is 0 Å². The van der Waals surface area contributed by atoms with Crippen LogP contribution in [0.5, 0.6) is 0 Å². The van der Waals surface area contributed by atoms with Gasteiger partial charge in [0.2, 0.25) is 0 Å². The Morgan fingerprint density at radius 2 is 1.83 bits per heavy atom. The van der Waals surface area contributed by atoms with Gasteiger partial charge in [-0.05, 0) is 36.8 Å². The van der Waals surface area contributed by atoms with Crippen LogP contribution in [0.25, 0.3) is 0 Å². The average Bonchev–Trinajstić information content (AvgIpc) is 2.63. The number of benzene rings is 1. The molecule has 0 aromatic heterocycles. The standard InChI is InChI=1S/C16H26N2/c1-11-5-6-15(12(2)7-11)16(8-17)18-9-13(3)14(4)10-18/h5-7,13-14,16H,8-10,17H2,1-4H3. The van der Waals surface area contributed by atoms with Crippen molar-refractivity contribution in [3.63, 3.8) is 0 Å². The van der Waals surface area contributed by atoms with Gasteiger partial charge in [0, 0.05) is 25.7 Å². The molecule has 0 saturated carbocycles. The van der Waals surface area contributed by atoms with Gasteiger partial charge in [0.1, 0.15) is 0 Å². The summed E-state index contributed by atoms with van der Waals surface area (Å²) in [6.07, 6.45) is 0. The van der Waals surface area contributed by atoms with Crippen molar-refractivity contribution in [3.8, 4) is 0 Å².